The summed E-state index contributed by atoms with van der Waals surface area (Å²) in [6, 6.07) is 13.5. The highest BCUT2D eigenvalue weighted by Gasteiger charge is 2.05. The van der Waals surface area contributed by atoms with Gasteiger partial charge in [-0.2, -0.15) is 0 Å². The lowest BCUT2D eigenvalue weighted by atomic mass is 10.1. The van der Waals surface area contributed by atoms with Gasteiger partial charge in [-0.1, -0.05) is 25.1 Å². The molecule has 0 saturated heterocycles. The maximum absolute atomic E-state index is 5.81. The van der Waals surface area contributed by atoms with Crippen molar-refractivity contribution in [2.75, 3.05) is 26.1 Å². The highest BCUT2D eigenvalue weighted by atomic mass is 16.5. The fourth-order valence-electron chi connectivity index (χ4n) is 2.16. The van der Waals surface area contributed by atoms with Crippen LogP contribution in [0.4, 0.5) is 5.69 Å². The van der Waals surface area contributed by atoms with Crippen LogP contribution < -0.4 is 19.9 Å². The second-order valence-electron chi connectivity index (χ2n) is 4.92. The van der Waals surface area contributed by atoms with Gasteiger partial charge in [0.2, 0.25) is 0 Å². The summed E-state index contributed by atoms with van der Waals surface area (Å²) in [5.41, 5.74) is 7.60. The van der Waals surface area contributed by atoms with Gasteiger partial charge in [-0.15, -0.1) is 0 Å². The van der Waals surface area contributed by atoms with Gasteiger partial charge in [0, 0.05) is 18.2 Å². The summed E-state index contributed by atoms with van der Waals surface area (Å²) in [7, 11) is 1.60. The molecule has 118 valence electrons. The molecule has 0 bridgehead atoms. The van der Waals surface area contributed by atoms with Crippen molar-refractivity contribution in [3.05, 3.63) is 48.0 Å². The second-order valence-corrected chi connectivity index (χ2v) is 4.92. The van der Waals surface area contributed by atoms with Gasteiger partial charge in [-0.25, -0.2) is 0 Å². The minimum absolute atomic E-state index is 0.564. The van der Waals surface area contributed by atoms with E-state index in [4.69, 9.17) is 19.9 Å². The molecule has 0 unspecified atom stereocenters. The molecule has 0 spiro atoms. The summed E-state index contributed by atoms with van der Waals surface area (Å²) in [6.45, 7) is 3.31. The molecule has 2 rings (SSSR count). The monoisotopic (exact) mass is 301 g/mol. The van der Waals surface area contributed by atoms with Gasteiger partial charge >= 0.3 is 0 Å². The van der Waals surface area contributed by atoms with Gasteiger partial charge in [0.15, 0.2) is 11.5 Å². The lowest BCUT2D eigenvalue weighted by Crippen LogP contribution is -2.06. The van der Waals surface area contributed by atoms with Crippen LogP contribution in [0, 0.1) is 0 Å². The molecule has 0 aliphatic heterocycles. The predicted molar refractivity (Wildman–Crippen MR) is 88.8 cm³/mol. The van der Waals surface area contributed by atoms with Gasteiger partial charge < -0.3 is 19.9 Å². The highest BCUT2D eigenvalue weighted by molar-refractivity contribution is 5.51. The number of methoxy groups -OCH3 is 1. The molecule has 2 aromatic carbocycles. The summed E-state index contributed by atoms with van der Waals surface area (Å²) < 4.78 is 16.8. The van der Waals surface area contributed by atoms with Crippen molar-refractivity contribution in [3.63, 3.8) is 0 Å². The third-order valence-electron chi connectivity index (χ3n) is 3.34. The lowest BCUT2D eigenvalue weighted by Gasteiger charge is -2.12. The van der Waals surface area contributed by atoms with E-state index in [-0.39, 0.29) is 0 Å². The molecular weight excluding hydrogens is 278 g/mol. The maximum Gasteiger partial charge on any atom is 0.162 e. The number of hydrogen-bond donors (Lipinski definition) is 1. The summed E-state index contributed by atoms with van der Waals surface area (Å²) in [4.78, 5) is 0. The molecule has 0 aliphatic rings. The minimum atomic E-state index is 0.564. The van der Waals surface area contributed by atoms with Crippen molar-refractivity contribution in [3.8, 4) is 17.2 Å². The SMILES string of the molecule is CCc1ccccc1OCCCOc1ccc(N)cc1OC. The van der Waals surface area contributed by atoms with Gasteiger partial charge in [0.05, 0.1) is 20.3 Å². The lowest BCUT2D eigenvalue weighted by molar-refractivity contribution is 0.239. The number of aryl methyl sites for hydroxylation is 1. The van der Waals surface area contributed by atoms with Crippen LogP contribution in [-0.4, -0.2) is 20.3 Å². The first-order valence-corrected chi connectivity index (χ1v) is 7.51. The Morgan fingerprint density at radius 1 is 0.909 bits per heavy atom. The van der Waals surface area contributed by atoms with Crippen molar-refractivity contribution < 1.29 is 14.2 Å². The van der Waals surface area contributed by atoms with Gasteiger partial charge in [0.25, 0.3) is 0 Å². The van der Waals surface area contributed by atoms with Crippen molar-refractivity contribution in [2.24, 2.45) is 0 Å². The van der Waals surface area contributed by atoms with Crippen LogP contribution in [0.15, 0.2) is 42.5 Å². The zero-order valence-electron chi connectivity index (χ0n) is 13.2. The van der Waals surface area contributed by atoms with E-state index in [9.17, 15) is 0 Å². The molecule has 22 heavy (non-hydrogen) atoms. The van der Waals surface area contributed by atoms with Crippen LogP contribution >= 0.6 is 0 Å². The van der Waals surface area contributed by atoms with Crippen LogP contribution in [0.1, 0.15) is 18.9 Å². The Balaban J connectivity index is 1.78. The van der Waals surface area contributed by atoms with Gasteiger partial charge in [0.1, 0.15) is 5.75 Å². The molecule has 4 nitrogen and oxygen atoms in total. The van der Waals surface area contributed by atoms with E-state index < -0.39 is 0 Å². The molecule has 0 radical (unpaired) electrons. The number of rotatable bonds is 8. The topological polar surface area (TPSA) is 53.7 Å². The minimum Gasteiger partial charge on any atom is -0.493 e. The third-order valence-corrected chi connectivity index (χ3v) is 3.34. The zero-order chi connectivity index (χ0) is 15.8. The maximum atomic E-state index is 5.81. The summed E-state index contributed by atoms with van der Waals surface area (Å²) in [6.07, 6.45) is 1.76. The second kappa shape index (κ2) is 8.17. The van der Waals surface area contributed by atoms with Crippen molar-refractivity contribution in [1.82, 2.24) is 0 Å². The average Bonchev–Trinajstić information content (AvgIpc) is 2.56. The van der Waals surface area contributed by atoms with E-state index in [1.54, 1.807) is 19.2 Å². The molecule has 0 atom stereocenters. The molecule has 4 heteroatoms. The first kappa shape index (κ1) is 16.0. The molecule has 0 heterocycles. The molecule has 2 aromatic rings. The first-order chi connectivity index (χ1) is 10.7. The van der Waals surface area contributed by atoms with Crippen LogP contribution in [0.2, 0.25) is 0 Å². The van der Waals surface area contributed by atoms with E-state index in [0.29, 0.717) is 30.4 Å². The fraction of sp³-hybridized carbons (Fsp3) is 0.333. The number of hydrogen-bond acceptors (Lipinski definition) is 4. The van der Waals surface area contributed by atoms with E-state index in [1.807, 2.05) is 24.3 Å². The van der Waals surface area contributed by atoms with Crippen LogP contribution in [0.3, 0.4) is 0 Å². The van der Waals surface area contributed by atoms with E-state index in [0.717, 1.165) is 18.6 Å². The zero-order valence-corrected chi connectivity index (χ0v) is 13.2. The Bertz CT molecular complexity index is 599. The average molecular weight is 301 g/mol. The van der Waals surface area contributed by atoms with Crippen molar-refractivity contribution >= 4 is 5.69 Å². The summed E-state index contributed by atoms with van der Waals surface area (Å²) in [5.74, 6) is 2.30. The standard InChI is InChI=1S/C18H23NO3/c1-3-14-7-4-5-8-16(14)21-11-6-12-22-17-10-9-15(19)13-18(17)20-2/h4-5,7-10,13H,3,6,11-12,19H2,1-2H3. The molecule has 2 N–H and O–H groups in total. The Morgan fingerprint density at radius 2 is 1.64 bits per heavy atom. The van der Waals surface area contributed by atoms with Crippen molar-refractivity contribution in [2.45, 2.75) is 19.8 Å². The van der Waals surface area contributed by atoms with Gasteiger partial charge in [-0.3, -0.25) is 0 Å². The van der Waals surface area contributed by atoms with E-state index in [2.05, 4.69) is 13.0 Å². The highest BCUT2D eigenvalue weighted by Crippen LogP contribution is 2.29. The van der Waals surface area contributed by atoms with Gasteiger partial charge in [-0.05, 0) is 30.2 Å². The number of nitrogen functional groups attached to an aromatic ring is 1. The van der Waals surface area contributed by atoms with Crippen LogP contribution in [0.25, 0.3) is 0 Å². The van der Waals surface area contributed by atoms with Crippen LogP contribution in [0.5, 0.6) is 17.2 Å². The number of anilines is 1. The first-order valence-electron chi connectivity index (χ1n) is 7.51. The Hall–Kier alpha value is -2.36. The van der Waals surface area contributed by atoms with E-state index in [1.165, 1.54) is 5.56 Å². The number of para-hydroxylation sites is 1. The molecule has 0 aliphatic carbocycles. The molecular formula is C18H23NO3. The molecule has 0 fully saturated rings. The number of benzene rings is 2. The predicted octanol–water partition coefficient (Wildman–Crippen LogP) is 3.69. The normalized spacial score (nSPS) is 10.3. The Kier molecular flexibility index (Phi) is 5.95. The number of ether oxygens (including phenoxy) is 3. The third kappa shape index (κ3) is 4.32. The van der Waals surface area contributed by atoms with Crippen LogP contribution in [-0.2, 0) is 6.42 Å². The molecule has 0 saturated carbocycles. The largest absolute Gasteiger partial charge is 0.493 e. The molecule has 0 amide bonds. The van der Waals surface area contributed by atoms with E-state index >= 15 is 0 Å². The van der Waals surface area contributed by atoms with Crippen molar-refractivity contribution in [1.29, 1.82) is 0 Å². The smallest absolute Gasteiger partial charge is 0.162 e. The summed E-state index contributed by atoms with van der Waals surface area (Å²) in [5, 5.41) is 0. The number of nitrogens with two attached hydrogens (primary N) is 1. The Morgan fingerprint density at radius 3 is 2.36 bits per heavy atom. The summed E-state index contributed by atoms with van der Waals surface area (Å²) >= 11 is 0. The Labute approximate surface area is 131 Å². The molecule has 0 aromatic heterocycles. The fourth-order valence-corrected chi connectivity index (χ4v) is 2.16. The quantitative estimate of drug-likeness (QED) is 0.597.